The second-order valence-electron chi connectivity index (χ2n) is 5.67. The van der Waals surface area contributed by atoms with Crippen LogP contribution >= 0.6 is 0 Å². The summed E-state index contributed by atoms with van der Waals surface area (Å²) in [5.41, 5.74) is 9.31. The number of rotatable bonds is 2. The highest BCUT2D eigenvalue weighted by Crippen LogP contribution is 2.27. The fraction of sp³-hybridized carbons (Fsp3) is 0.600. The molecule has 98 valence electrons. The van der Waals surface area contributed by atoms with E-state index in [1.807, 2.05) is 6.07 Å². The van der Waals surface area contributed by atoms with Crippen LogP contribution in [-0.4, -0.2) is 37.1 Å². The number of aryl methyl sites for hydroxylation is 1. The van der Waals surface area contributed by atoms with E-state index in [1.165, 1.54) is 56.7 Å². The molecule has 2 aliphatic heterocycles. The van der Waals surface area contributed by atoms with Crippen molar-refractivity contribution in [2.45, 2.75) is 32.2 Å². The Kier molecular flexibility index (Phi) is 3.16. The molecule has 0 saturated carbocycles. The molecule has 18 heavy (non-hydrogen) atoms. The molecule has 2 fully saturated rings. The van der Waals surface area contributed by atoms with Gasteiger partial charge < -0.3 is 10.6 Å². The normalized spacial score (nSPS) is 24.9. The number of anilines is 2. The zero-order valence-corrected chi connectivity index (χ0v) is 11.2. The van der Waals surface area contributed by atoms with Crippen LogP contribution in [0.5, 0.6) is 0 Å². The number of likely N-dealkylation sites (tertiary alicyclic amines) is 1. The smallest absolute Gasteiger partial charge is 0.0370 e. The van der Waals surface area contributed by atoms with E-state index in [9.17, 15) is 0 Å². The molecule has 3 nitrogen and oxygen atoms in total. The quantitative estimate of drug-likeness (QED) is 0.811. The summed E-state index contributed by atoms with van der Waals surface area (Å²) in [4.78, 5) is 5.18. The van der Waals surface area contributed by atoms with Gasteiger partial charge in [-0.3, -0.25) is 4.90 Å². The third-order valence-electron chi connectivity index (χ3n) is 4.44. The van der Waals surface area contributed by atoms with E-state index >= 15 is 0 Å². The van der Waals surface area contributed by atoms with Gasteiger partial charge in [0.05, 0.1) is 0 Å². The molecule has 2 N–H and O–H groups in total. The Labute approximate surface area is 110 Å². The molecule has 2 aliphatic rings. The maximum absolute atomic E-state index is 5.89. The van der Waals surface area contributed by atoms with Gasteiger partial charge in [0.15, 0.2) is 0 Å². The highest BCUT2D eigenvalue weighted by Gasteiger charge is 2.29. The zero-order valence-electron chi connectivity index (χ0n) is 11.2. The van der Waals surface area contributed by atoms with Gasteiger partial charge in [0, 0.05) is 30.5 Å². The first-order valence-electron chi connectivity index (χ1n) is 7.09. The van der Waals surface area contributed by atoms with E-state index in [2.05, 4.69) is 28.9 Å². The molecule has 0 radical (unpaired) electrons. The zero-order chi connectivity index (χ0) is 12.5. The second kappa shape index (κ2) is 4.81. The van der Waals surface area contributed by atoms with E-state index in [1.54, 1.807) is 0 Å². The van der Waals surface area contributed by atoms with Gasteiger partial charge in [-0.2, -0.15) is 0 Å². The first-order chi connectivity index (χ1) is 8.74. The van der Waals surface area contributed by atoms with Crippen molar-refractivity contribution in [3.63, 3.8) is 0 Å². The highest BCUT2D eigenvalue weighted by atomic mass is 15.3. The Hall–Kier alpha value is -1.22. The number of nitrogens with two attached hydrogens (primary N) is 1. The van der Waals surface area contributed by atoms with Gasteiger partial charge >= 0.3 is 0 Å². The molecule has 0 spiro atoms. The third-order valence-corrected chi connectivity index (χ3v) is 4.44. The molecule has 2 saturated heterocycles. The second-order valence-corrected chi connectivity index (χ2v) is 5.67. The minimum Gasteiger partial charge on any atom is -0.399 e. The number of hydrogen-bond acceptors (Lipinski definition) is 3. The van der Waals surface area contributed by atoms with Crippen LogP contribution in [0.3, 0.4) is 0 Å². The van der Waals surface area contributed by atoms with Gasteiger partial charge in [-0.25, -0.2) is 0 Å². The van der Waals surface area contributed by atoms with Crippen LogP contribution < -0.4 is 10.6 Å². The maximum Gasteiger partial charge on any atom is 0.0370 e. The summed E-state index contributed by atoms with van der Waals surface area (Å²) in [5, 5.41) is 0. The van der Waals surface area contributed by atoms with Crippen molar-refractivity contribution in [2.75, 3.05) is 36.8 Å². The molecule has 2 heterocycles. The molecule has 0 bridgehead atoms. The molecule has 0 amide bonds. The molecule has 3 rings (SSSR count). The van der Waals surface area contributed by atoms with Gasteiger partial charge in [0.25, 0.3) is 0 Å². The first-order valence-corrected chi connectivity index (χ1v) is 7.09. The molecule has 0 aliphatic carbocycles. The lowest BCUT2D eigenvalue weighted by molar-refractivity contribution is 0.260. The predicted molar refractivity (Wildman–Crippen MR) is 77.0 cm³/mol. The standard InChI is InChI=1S/C15H23N3/c1-12-10-13(4-5-15(12)16)18-9-6-14(11-18)17-7-2-3-8-17/h4-5,10,14H,2-3,6-9,11,16H2,1H3. The lowest BCUT2D eigenvalue weighted by atomic mass is 10.1. The van der Waals surface area contributed by atoms with Crippen molar-refractivity contribution in [2.24, 2.45) is 0 Å². The van der Waals surface area contributed by atoms with Gasteiger partial charge in [0.1, 0.15) is 0 Å². The summed E-state index contributed by atoms with van der Waals surface area (Å²) in [6.07, 6.45) is 4.08. The molecule has 1 aromatic rings. The van der Waals surface area contributed by atoms with Crippen LogP contribution in [0.15, 0.2) is 18.2 Å². The Bertz CT molecular complexity index is 424. The Morgan fingerprint density at radius 3 is 2.67 bits per heavy atom. The maximum atomic E-state index is 5.89. The highest BCUT2D eigenvalue weighted by molar-refractivity contribution is 5.58. The molecule has 1 aromatic carbocycles. The van der Waals surface area contributed by atoms with Crippen LogP contribution in [0, 0.1) is 6.92 Å². The number of benzene rings is 1. The molecular weight excluding hydrogens is 222 g/mol. The van der Waals surface area contributed by atoms with Crippen LogP contribution in [0.1, 0.15) is 24.8 Å². The van der Waals surface area contributed by atoms with E-state index in [4.69, 9.17) is 5.73 Å². The first kappa shape index (κ1) is 11.8. The summed E-state index contributed by atoms with van der Waals surface area (Å²) < 4.78 is 0. The lowest BCUT2D eigenvalue weighted by Crippen LogP contribution is -2.35. The average molecular weight is 245 g/mol. The minimum absolute atomic E-state index is 0.769. The number of hydrogen-bond donors (Lipinski definition) is 1. The van der Waals surface area contributed by atoms with E-state index < -0.39 is 0 Å². The topological polar surface area (TPSA) is 32.5 Å². The van der Waals surface area contributed by atoms with Crippen LogP contribution in [0.4, 0.5) is 11.4 Å². The molecular formula is C15H23N3. The van der Waals surface area contributed by atoms with Crippen molar-refractivity contribution in [1.29, 1.82) is 0 Å². The van der Waals surface area contributed by atoms with Gasteiger partial charge in [-0.05, 0) is 63.0 Å². The number of nitrogen functional groups attached to an aromatic ring is 1. The Balaban J connectivity index is 1.69. The van der Waals surface area contributed by atoms with E-state index in [-0.39, 0.29) is 0 Å². The molecule has 0 aromatic heterocycles. The fourth-order valence-electron chi connectivity index (χ4n) is 3.24. The summed E-state index contributed by atoms with van der Waals surface area (Å²) in [7, 11) is 0. The lowest BCUT2D eigenvalue weighted by Gasteiger charge is -2.24. The molecule has 1 unspecified atom stereocenters. The average Bonchev–Trinajstić information content (AvgIpc) is 3.01. The monoisotopic (exact) mass is 245 g/mol. The number of nitrogens with zero attached hydrogens (tertiary/aromatic N) is 2. The molecule has 3 heteroatoms. The van der Waals surface area contributed by atoms with Crippen molar-refractivity contribution >= 4 is 11.4 Å². The minimum atomic E-state index is 0.769. The molecule has 1 atom stereocenters. The van der Waals surface area contributed by atoms with Crippen LogP contribution in [0.25, 0.3) is 0 Å². The Morgan fingerprint density at radius 1 is 1.17 bits per heavy atom. The van der Waals surface area contributed by atoms with Gasteiger partial charge in [0.2, 0.25) is 0 Å². The summed E-state index contributed by atoms with van der Waals surface area (Å²) in [5.74, 6) is 0. The van der Waals surface area contributed by atoms with E-state index in [0.717, 1.165) is 11.7 Å². The van der Waals surface area contributed by atoms with Gasteiger partial charge in [-0.1, -0.05) is 0 Å². The summed E-state index contributed by atoms with van der Waals surface area (Å²) in [6, 6.07) is 7.19. The summed E-state index contributed by atoms with van der Waals surface area (Å²) in [6.45, 7) is 7.07. The third kappa shape index (κ3) is 2.19. The summed E-state index contributed by atoms with van der Waals surface area (Å²) >= 11 is 0. The van der Waals surface area contributed by atoms with Crippen molar-refractivity contribution in [3.8, 4) is 0 Å². The van der Waals surface area contributed by atoms with Crippen molar-refractivity contribution in [1.82, 2.24) is 4.90 Å². The van der Waals surface area contributed by atoms with Crippen LogP contribution in [0.2, 0.25) is 0 Å². The van der Waals surface area contributed by atoms with Crippen molar-refractivity contribution in [3.05, 3.63) is 23.8 Å². The largest absolute Gasteiger partial charge is 0.399 e. The van der Waals surface area contributed by atoms with E-state index in [0.29, 0.717) is 0 Å². The Morgan fingerprint density at radius 2 is 1.94 bits per heavy atom. The van der Waals surface area contributed by atoms with Crippen molar-refractivity contribution < 1.29 is 0 Å². The SMILES string of the molecule is Cc1cc(N2CCC(N3CCCC3)C2)ccc1N. The fourth-order valence-corrected chi connectivity index (χ4v) is 3.24. The van der Waals surface area contributed by atoms with Gasteiger partial charge in [-0.15, -0.1) is 0 Å². The van der Waals surface area contributed by atoms with Crippen LogP contribution in [-0.2, 0) is 0 Å². The predicted octanol–water partition coefficient (Wildman–Crippen LogP) is 2.25.